The highest BCUT2D eigenvalue weighted by atomic mass is 32.2. The molecule has 4 heteroatoms. The van der Waals surface area contributed by atoms with Crippen molar-refractivity contribution in [2.45, 2.75) is 38.1 Å². The largest absolute Gasteiger partial charge is 0.357 e. The van der Waals surface area contributed by atoms with E-state index in [4.69, 9.17) is 0 Å². The van der Waals surface area contributed by atoms with Gasteiger partial charge in [0, 0.05) is 13.2 Å². The average molecular weight is 225 g/mol. The van der Waals surface area contributed by atoms with Gasteiger partial charge in [-0.15, -0.1) is 11.8 Å². The Labute approximate surface area is 96.1 Å². The van der Waals surface area contributed by atoms with Gasteiger partial charge in [0.25, 0.3) is 0 Å². The third kappa shape index (κ3) is 4.08. The van der Waals surface area contributed by atoms with Gasteiger partial charge in [0.2, 0.25) is 5.95 Å². The van der Waals surface area contributed by atoms with E-state index < -0.39 is 0 Å². The van der Waals surface area contributed by atoms with Crippen LogP contribution < -0.4 is 5.32 Å². The number of unbranched alkanes of at least 4 members (excludes halogenated alkanes) is 2. The van der Waals surface area contributed by atoms with E-state index >= 15 is 0 Å². The van der Waals surface area contributed by atoms with Crippen molar-refractivity contribution in [3.05, 3.63) is 11.8 Å². The van der Waals surface area contributed by atoms with Gasteiger partial charge in [-0.2, -0.15) is 0 Å². The highest BCUT2D eigenvalue weighted by Gasteiger charge is 2.02. The highest BCUT2D eigenvalue weighted by molar-refractivity contribution is 7.99. The lowest BCUT2D eigenvalue weighted by atomic mass is 10.3. The Morgan fingerprint density at radius 3 is 2.87 bits per heavy atom. The van der Waals surface area contributed by atoms with E-state index in [0.717, 1.165) is 16.3 Å². The number of thioether (sulfide) groups is 1. The van der Waals surface area contributed by atoms with E-state index in [2.05, 4.69) is 29.1 Å². The predicted molar refractivity (Wildman–Crippen MR) is 66.6 cm³/mol. The molecule has 0 aliphatic rings. The molecular weight excluding hydrogens is 206 g/mol. The van der Waals surface area contributed by atoms with Crippen LogP contribution >= 0.6 is 11.8 Å². The van der Waals surface area contributed by atoms with Crippen molar-refractivity contribution in [1.29, 1.82) is 0 Å². The Bertz CT molecular complexity index is 302. The quantitative estimate of drug-likeness (QED) is 0.458. The molecule has 3 nitrogen and oxygen atoms in total. The number of hydrogen-bond acceptors (Lipinski definition) is 4. The van der Waals surface area contributed by atoms with Crippen LogP contribution in [0.15, 0.2) is 11.2 Å². The van der Waals surface area contributed by atoms with Crippen LogP contribution in [0.25, 0.3) is 0 Å². The Balaban J connectivity index is 2.51. The summed E-state index contributed by atoms with van der Waals surface area (Å²) in [6.45, 7) is 4.28. The number of aryl methyl sites for hydroxylation is 1. The Morgan fingerprint density at radius 2 is 2.20 bits per heavy atom. The Kier molecular flexibility index (Phi) is 5.47. The number of nitrogens with one attached hydrogen (secondary N) is 1. The van der Waals surface area contributed by atoms with Gasteiger partial charge >= 0.3 is 0 Å². The molecule has 0 aromatic carbocycles. The first-order valence-electron chi connectivity index (χ1n) is 5.42. The molecule has 0 bridgehead atoms. The molecular formula is C11H19N3S. The van der Waals surface area contributed by atoms with Crippen molar-refractivity contribution in [2.24, 2.45) is 0 Å². The molecule has 0 fully saturated rings. The van der Waals surface area contributed by atoms with E-state index in [-0.39, 0.29) is 0 Å². The fourth-order valence-corrected chi connectivity index (χ4v) is 2.19. The van der Waals surface area contributed by atoms with Crippen molar-refractivity contribution < 1.29 is 0 Å². The van der Waals surface area contributed by atoms with Crippen LogP contribution in [0.4, 0.5) is 5.95 Å². The molecule has 1 N–H and O–H groups in total. The monoisotopic (exact) mass is 225 g/mol. The third-order valence-electron chi connectivity index (χ3n) is 2.14. The minimum atomic E-state index is 0.707. The average Bonchev–Trinajstić information content (AvgIpc) is 2.26. The first kappa shape index (κ1) is 12.3. The maximum atomic E-state index is 4.43. The lowest BCUT2D eigenvalue weighted by molar-refractivity contribution is 0.778. The molecule has 0 atom stereocenters. The molecule has 0 saturated heterocycles. The van der Waals surface area contributed by atoms with Crippen molar-refractivity contribution in [2.75, 3.05) is 18.1 Å². The number of rotatable bonds is 6. The minimum Gasteiger partial charge on any atom is -0.357 e. The van der Waals surface area contributed by atoms with Gasteiger partial charge in [-0.25, -0.2) is 9.97 Å². The summed E-state index contributed by atoms with van der Waals surface area (Å²) in [5.74, 6) is 1.85. The fraction of sp³-hybridized carbons (Fsp3) is 0.636. The summed E-state index contributed by atoms with van der Waals surface area (Å²) in [5.41, 5.74) is 1.16. The molecule has 0 saturated carbocycles. The van der Waals surface area contributed by atoms with Crippen molar-refractivity contribution >= 4 is 17.7 Å². The molecule has 0 radical (unpaired) electrons. The molecule has 0 aliphatic carbocycles. The maximum Gasteiger partial charge on any atom is 0.223 e. The van der Waals surface area contributed by atoms with E-state index in [1.807, 2.05) is 25.0 Å². The molecule has 1 rings (SSSR count). The Hall–Kier alpha value is -0.770. The standard InChI is InChI=1S/C11H19N3S/c1-4-5-6-7-15-10-9(2)8-13-11(12-3)14-10/h8H,4-7H2,1-3H3,(H,12,13,14). The van der Waals surface area contributed by atoms with Crippen LogP contribution in [0.3, 0.4) is 0 Å². The fourth-order valence-electron chi connectivity index (χ4n) is 1.21. The molecule has 84 valence electrons. The van der Waals surface area contributed by atoms with Gasteiger partial charge in [-0.1, -0.05) is 19.8 Å². The van der Waals surface area contributed by atoms with Crippen LogP contribution in [0, 0.1) is 6.92 Å². The smallest absolute Gasteiger partial charge is 0.223 e. The van der Waals surface area contributed by atoms with Crippen molar-refractivity contribution in [3.8, 4) is 0 Å². The zero-order valence-corrected chi connectivity index (χ0v) is 10.5. The van der Waals surface area contributed by atoms with Crippen LogP contribution in [-0.2, 0) is 0 Å². The Morgan fingerprint density at radius 1 is 1.40 bits per heavy atom. The zero-order valence-electron chi connectivity index (χ0n) is 9.71. The van der Waals surface area contributed by atoms with E-state index in [1.54, 1.807) is 0 Å². The first-order valence-corrected chi connectivity index (χ1v) is 6.40. The summed E-state index contributed by atoms with van der Waals surface area (Å²) in [6, 6.07) is 0. The number of anilines is 1. The van der Waals surface area contributed by atoms with Gasteiger partial charge in [-0.05, 0) is 24.7 Å². The van der Waals surface area contributed by atoms with E-state index in [0.29, 0.717) is 5.95 Å². The SMILES string of the molecule is CCCCCSc1nc(NC)ncc1C. The summed E-state index contributed by atoms with van der Waals surface area (Å²) in [7, 11) is 1.84. The summed E-state index contributed by atoms with van der Waals surface area (Å²) >= 11 is 1.83. The molecule has 1 heterocycles. The summed E-state index contributed by atoms with van der Waals surface area (Å²) in [4.78, 5) is 8.60. The van der Waals surface area contributed by atoms with E-state index in [9.17, 15) is 0 Å². The molecule has 15 heavy (non-hydrogen) atoms. The lowest BCUT2D eigenvalue weighted by Crippen LogP contribution is -1.98. The summed E-state index contributed by atoms with van der Waals surface area (Å²) in [5, 5.41) is 4.06. The second-order valence-electron chi connectivity index (χ2n) is 3.49. The van der Waals surface area contributed by atoms with Gasteiger partial charge in [-0.3, -0.25) is 0 Å². The number of hydrogen-bond donors (Lipinski definition) is 1. The topological polar surface area (TPSA) is 37.8 Å². The van der Waals surface area contributed by atoms with Gasteiger partial charge in [0.05, 0.1) is 0 Å². The zero-order chi connectivity index (χ0) is 11.1. The van der Waals surface area contributed by atoms with Crippen LogP contribution in [0.5, 0.6) is 0 Å². The molecule has 1 aromatic heterocycles. The van der Waals surface area contributed by atoms with Crippen molar-refractivity contribution in [1.82, 2.24) is 9.97 Å². The lowest BCUT2D eigenvalue weighted by Gasteiger charge is -2.05. The number of nitrogens with zero attached hydrogens (tertiary/aromatic N) is 2. The molecule has 0 aliphatic heterocycles. The second kappa shape index (κ2) is 6.67. The molecule has 0 spiro atoms. The first-order chi connectivity index (χ1) is 7.27. The summed E-state index contributed by atoms with van der Waals surface area (Å²) < 4.78 is 0. The second-order valence-corrected chi connectivity index (χ2v) is 4.57. The third-order valence-corrected chi connectivity index (χ3v) is 3.32. The molecule has 0 amide bonds. The van der Waals surface area contributed by atoms with Crippen LogP contribution in [0.1, 0.15) is 31.7 Å². The van der Waals surface area contributed by atoms with Gasteiger partial charge < -0.3 is 5.32 Å². The van der Waals surface area contributed by atoms with E-state index in [1.165, 1.54) is 19.3 Å². The highest BCUT2D eigenvalue weighted by Crippen LogP contribution is 2.21. The normalized spacial score (nSPS) is 10.3. The molecule has 0 unspecified atom stereocenters. The van der Waals surface area contributed by atoms with Crippen LogP contribution in [-0.4, -0.2) is 22.8 Å². The summed E-state index contributed by atoms with van der Waals surface area (Å²) in [6.07, 6.45) is 5.71. The maximum absolute atomic E-state index is 4.43. The number of aromatic nitrogens is 2. The predicted octanol–water partition coefficient (Wildman–Crippen LogP) is 3.11. The van der Waals surface area contributed by atoms with Crippen LogP contribution in [0.2, 0.25) is 0 Å². The van der Waals surface area contributed by atoms with Crippen molar-refractivity contribution in [3.63, 3.8) is 0 Å². The minimum absolute atomic E-state index is 0.707. The van der Waals surface area contributed by atoms with Gasteiger partial charge in [0.15, 0.2) is 0 Å². The van der Waals surface area contributed by atoms with Gasteiger partial charge in [0.1, 0.15) is 5.03 Å². The molecule has 1 aromatic rings.